The van der Waals surface area contributed by atoms with Crippen LogP contribution in [0.15, 0.2) is 24.3 Å². The van der Waals surface area contributed by atoms with Crippen LogP contribution in [0.25, 0.3) is 0 Å². The molecule has 1 aliphatic rings. The number of aliphatic carboxylic acids is 1. The smallest absolute Gasteiger partial charge is 0.306 e. The normalized spacial score (nSPS) is 16.4. The van der Waals surface area contributed by atoms with E-state index in [1.165, 1.54) is 5.56 Å². The van der Waals surface area contributed by atoms with Crippen molar-refractivity contribution in [3.05, 3.63) is 29.8 Å². The number of piperidine rings is 1. The van der Waals surface area contributed by atoms with Crippen LogP contribution in [0.1, 0.15) is 18.4 Å². The second-order valence-electron chi connectivity index (χ2n) is 5.12. The first kappa shape index (κ1) is 17.2. The van der Waals surface area contributed by atoms with Crippen molar-refractivity contribution in [1.29, 1.82) is 0 Å². The van der Waals surface area contributed by atoms with Crippen LogP contribution in [-0.2, 0) is 4.79 Å². The number of aryl methyl sites for hydroxylation is 1. The van der Waals surface area contributed by atoms with Crippen molar-refractivity contribution in [2.45, 2.75) is 19.8 Å². The first-order chi connectivity index (χ1) is 9.15. The zero-order chi connectivity index (χ0) is 13.7. The molecule has 5 heteroatoms. The number of halogens is 1. The zero-order valence-electron chi connectivity index (χ0n) is 11.7. The molecule has 1 N–H and O–H groups in total. The summed E-state index contributed by atoms with van der Waals surface area (Å²) in [5.41, 5.74) is 1.19. The minimum absolute atomic E-state index is 0. The van der Waals surface area contributed by atoms with Crippen LogP contribution in [0.3, 0.4) is 0 Å². The first-order valence-electron chi connectivity index (χ1n) is 6.80. The van der Waals surface area contributed by atoms with Crippen LogP contribution in [0.4, 0.5) is 0 Å². The summed E-state index contributed by atoms with van der Waals surface area (Å²) in [7, 11) is 0. The summed E-state index contributed by atoms with van der Waals surface area (Å²) in [4.78, 5) is 13.1. The molecule has 1 aromatic rings. The molecule has 112 valence electrons. The molecule has 1 heterocycles. The minimum atomic E-state index is -0.657. The lowest BCUT2D eigenvalue weighted by Crippen LogP contribution is -2.38. The highest BCUT2D eigenvalue weighted by atomic mass is 127. The van der Waals surface area contributed by atoms with Crippen molar-refractivity contribution < 1.29 is 14.6 Å². The molecular formula is C15H22INO3. The van der Waals surface area contributed by atoms with Gasteiger partial charge in [0.15, 0.2) is 0 Å². The van der Waals surface area contributed by atoms with Crippen molar-refractivity contribution in [3.8, 4) is 5.75 Å². The number of hydrogen-bond donors (Lipinski definition) is 1. The summed E-state index contributed by atoms with van der Waals surface area (Å²) in [6, 6.07) is 8.02. The van der Waals surface area contributed by atoms with Crippen molar-refractivity contribution in [3.63, 3.8) is 0 Å². The second-order valence-corrected chi connectivity index (χ2v) is 5.12. The minimum Gasteiger partial charge on any atom is -0.492 e. The molecule has 0 unspecified atom stereocenters. The summed E-state index contributed by atoms with van der Waals surface area (Å²) >= 11 is 0. The van der Waals surface area contributed by atoms with Gasteiger partial charge in [0.2, 0.25) is 0 Å². The third-order valence-corrected chi connectivity index (χ3v) is 3.60. The number of benzene rings is 1. The Kier molecular flexibility index (Phi) is 7.29. The fourth-order valence-electron chi connectivity index (χ4n) is 2.40. The van der Waals surface area contributed by atoms with Gasteiger partial charge in [0, 0.05) is 6.54 Å². The molecule has 1 saturated heterocycles. The highest BCUT2D eigenvalue weighted by molar-refractivity contribution is 14.0. The van der Waals surface area contributed by atoms with E-state index in [1.807, 2.05) is 31.2 Å². The molecule has 0 aromatic heterocycles. The lowest BCUT2D eigenvalue weighted by Gasteiger charge is -2.29. The SMILES string of the molecule is Cc1cccc(OCCN2CCC(C(=O)O)CC2)c1.I. The molecule has 0 spiro atoms. The summed E-state index contributed by atoms with van der Waals surface area (Å²) in [6.45, 7) is 5.27. The van der Waals surface area contributed by atoms with Gasteiger partial charge < -0.3 is 9.84 Å². The zero-order valence-corrected chi connectivity index (χ0v) is 14.1. The topological polar surface area (TPSA) is 49.8 Å². The average Bonchev–Trinajstić information content (AvgIpc) is 2.39. The number of ether oxygens (including phenoxy) is 1. The Bertz CT molecular complexity index is 431. The summed E-state index contributed by atoms with van der Waals surface area (Å²) in [5.74, 6) is 0.0880. The van der Waals surface area contributed by atoms with Gasteiger partial charge in [0.05, 0.1) is 5.92 Å². The molecule has 0 amide bonds. The van der Waals surface area contributed by atoms with E-state index in [0.29, 0.717) is 6.61 Å². The van der Waals surface area contributed by atoms with Crippen molar-refractivity contribution >= 4 is 29.9 Å². The largest absolute Gasteiger partial charge is 0.492 e. The monoisotopic (exact) mass is 391 g/mol. The second kappa shape index (κ2) is 8.46. The van der Waals surface area contributed by atoms with Gasteiger partial charge in [-0.2, -0.15) is 0 Å². The van der Waals surface area contributed by atoms with Crippen LogP contribution in [0, 0.1) is 12.8 Å². The Balaban J connectivity index is 0.00000200. The number of carbonyl (C=O) groups is 1. The Morgan fingerprint density at radius 1 is 1.40 bits per heavy atom. The van der Waals surface area contributed by atoms with Gasteiger partial charge in [-0.25, -0.2) is 0 Å². The summed E-state index contributed by atoms with van der Waals surface area (Å²) in [5, 5.41) is 8.93. The van der Waals surface area contributed by atoms with E-state index in [1.54, 1.807) is 0 Å². The molecule has 20 heavy (non-hydrogen) atoms. The molecule has 0 bridgehead atoms. The number of likely N-dealkylation sites (tertiary alicyclic amines) is 1. The quantitative estimate of drug-likeness (QED) is 0.785. The third kappa shape index (κ3) is 5.28. The molecule has 0 saturated carbocycles. The van der Waals surface area contributed by atoms with Gasteiger partial charge in [-0.15, -0.1) is 24.0 Å². The summed E-state index contributed by atoms with van der Waals surface area (Å²) in [6.07, 6.45) is 1.50. The highest BCUT2D eigenvalue weighted by Crippen LogP contribution is 2.17. The molecule has 0 radical (unpaired) electrons. The van der Waals surface area contributed by atoms with Crippen molar-refractivity contribution in [2.75, 3.05) is 26.2 Å². The van der Waals surface area contributed by atoms with Gasteiger partial charge in [-0.3, -0.25) is 9.69 Å². The van der Waals surface area contributed by atoms with Crippen LogP contribution in [0.5, 0.6) is 5.75 Å². The fraction of sp³-hybridized carbons (Fsp3) is 0.533. The molecule has 0 atom stereocenters. The maximum absolute atomic E-state index is 10.8. The predicted molar refractivity (Wildman–Crippen MR) is 88.9 cm³/mol. The summed E-state index contributed by atoms with van der Waals surface area (Å²) < 4.78 is 5.71. The Morgan fingerprint density at radius 2 is 2.10 bits per heavy atom. The number of carboxylic acids is 1. The van der Waals surface area contributed by atoms with Crippen molar-refractivity contribution in [1.82, 2.24) is 4.90 Å². The predicted octanol–water partition coefficient (Wildman–Crippen LogP) is 2.79. The molecule has 1 aliphatic heterocycles. The Hall–Kier alpha value is -0.820. The number of nitrogens with zero attached hydrogens (tertiary/aromatic N) is 1. The number of carboxylic acid groups (broad SMARTS) is 1. The van der Waals surface area contributed by atoms with E-state index in [2.05, 4.69) is 4.90 Å². The Morgan fingerprint density at radius 3 is 2.70 bits per heavy atom. The van der Waals surface area contributed by atoms with Gasteiger partial charge in [-0.1, -0.05) is 12.1 Å². The lowest BCUT2D eigenvalue weighted by atomic mass is 9.97. The van der Waals surface area contributed by atoms with Crippen LogP contribution < -0.4 is 4.74 Å². The molecule has 0 aliphatic carbocycles. The molecular weight excluding hydrogens is 369 g/mol. The van der Waals surface area contributed by atoms with Crippen molar-refractivity contribution in [2.24, 2.45) is 5.92 Å². The van der Waals surface area contributed by atoms with Gasteiger partial charge >= 0.3 is 5.97 Å². The number of rotatable bonds is 5. The fourth-order valence-corrected chi connectivity index (χ4v) is 2.40. The maximum atomic E-state index is 10.8. The Labute approximate surface area is 137 Å². The van der Waals surface area contributed by atoms with Crippen LogP contribution in [-0.4, -0.2) is 42.2 Å². The van der Waals surface area contributed by atoms with E-state index >= 15 is 0 Å². The van der Waals surface area contributed by atoms with E-state index in [4.69, 9.17) is 9.84 Å². The van der Waals surface area contributed by atoms with Crippen LogP contribution >= 0.6 is 24.0 Å². The lowest BCUT2D eigenvalue weighted by molar-refractivity contribution is -0.143. The third-order valence-electron chi connectivity index (χ3n) is 3.60. The molecule has 1 fully saturated rings. The van der Waals surface area contributed by atoms with E-state index in [-0.39, 0.29) is 29.9 Å². The van der Waals surface area contributed by atoms with Gasteiger partial charge in [0.1, 0.15) is 12.4 Å². The maximum Gasteiger partial charge on any atom is 0.306 e. The van der Waals surface area contributed by atoms with Gasteiger partial charge in [0.25, 0.3) is 0 Å². The van der Waals surface area contributed by atoms with E-state index < -0.39 is 5.97 Å². The van der Waals surface area contributed by atoms with E-state index in [0.717, 1.165) is 38.2 Å². The molecule has 4 nitrogen and oxygen atoms in total. The standard InChI is InChI=1S/C15H21NO3.HI/c1-12-3-2-4-14(11-12)19-10-9-16-7-5-13(6-8-16)15(17)18;/h2-4,11,13H,5-10H2,1H3,(H,17,18);1H. The first-order valence-corrected chi connectivity index (χ1v) is 6.80. The molecule has 2 rings (SSSR count). The van der Waals surface area contributed by atoms with E-state index in [9.17, 15) is 4.79 Å². The van der Waals surface area contributed by atoms with Gasteiger partial charge in [-0.05, 0) is 50.6 Å². The van der Waals surface area contributed by atoms with Crippen LogP contribution in [0.2, 0.25) is 0 Å². The average molecular weight is 391 g/mol. The number of hydrogen-bond acceptors (Lipinski definition) is 3. The highest BCUT2D eigenvalue weighted by Gasteiger charge is 2.23. The molecule has 1 aromatic carbocycles.